The van der Waals surface area contributed by atoms with Gasteiger partial charge in [0, 0.05) is 24.2 Å². The largest absolute Gasteiger partial charge is 0.507 e. The number of phenolic OH excluding ortho intramolecular Hbond substituents is 1. The lowest BCUT2D eigenvalue weighted by Gasteiger charge is -2.31. The van der Waals surface area contributed by atoms with Crippen molar-refractivity contribution < 1.29 is 9.84 Å². The van der Waals surface area contributed by atoms with Gasteiger partial charge in [-0.25, -0.2) is 0 Å². The maximum Gasteiger partial charge on any atom is 0.123 e. The number of rotatable bonds is 4. The number of methoxy groups -OCH3 is 1. The van der Waals surface area contributed by atoms with Gasteiger partial charge in [-0.15, -0.1) is 0 Å². The normalized spacial score (nSPS) is 17.1. The minimum Gasteiger partial charge on any atom is -0.507 e. The topological polar surface area (TPSA) is 32.7 Å². The summed E-state index contributed by atoms with van der Waals surface area (Å²) in [5.74, 6) is 1.04. The number of aromatic hydroxyl groups is 1. The summed E-state index contributed by atoms with van der Waals surface area (Å²) in [4.78, 5) is 2.36. The molecule has 1 fully saturated rings. The molecule has 0 radical (unpaired) electrons. The summed E-state index contributed by atoms with van der Waals surface area (Å²) in [6.07, 6.45) is 6.62. The number of phenols is 1. The molecule has 100 valence electrons. The van der Waals surface area contributed by atoms with Crippen LogP contribution < -0.4 is 4.74 Å². The zero-order chi connectivity index (χ0) is 13.0. The Labute approximate surface area is 109 Å². The Balaban J connectivity index is 1.99. The fourth-order valence-corrected chi connectivity index (χ4v) is 2.72. The van der Waals surface area contributed by atoms with E-state index in [9.17, 15) is 5.11 Å². The fourth-order valence-electron chi connectivity index (χ4n) is 2.72. The summed E-state index contributed by atoms with van der Waals surface area (Å²) in [5.41, 5.74) is 0.976. The van der Waals surface area contributed by atoms with Crippen LogP contribution in [0.5, 0.6) is 11.5 Å². The molecule has 1 aromatic carbocycles. The van der Waals surface area contributed by atoms with Crippen molar-refractivity contribution in [1.82, 2.24) is 4.90 Å². The SMILES string of the molecule is COc1ccc(CN(C)C2CCCCC2)c(O)c1. The van der Waals surface area contributed by atoms with Gasteiger partial charge in [-0.3, -0.25) is 4.90 Å². The molecule has 0 aromatic heterocycles. The molecule has 1 N–H and O–H groups in total. The predicted molar refractivity (Wildman–Crippen MR) is 73.0 cm³/mol. The van der Waals surface area contributed by atoms with Crippen LogP contribution in [0.4, 0.5) is 0 Å². The van der Waals surface area contributed by atoms with Gasteiger partial charge in [0.1, 0.15) is 11.5 Å². The van der Waals surface area contributed by atoms with Crippen LogP contribution >= 0.6 is 0 Å². The van der Waals surface area contributed by atoms with E-state index in [0.29, 0.717) is 17.5 Å². The van der Waals surface area contributed by atoms with Crippen molar-refractivity contribution in [3.63, 3.8) is 0 Å². The highest BCUT2D eigenvalue weighted by Crippen LogP contribution is 2.27. The van der Waals surface area contributed by atoms with Crippen molar-refractivity contribution in [2.45, 2.75) is 44.7 Å². The molecule has 3 nitrogen and oxygen atoms in total. The molecule has 2 rings (SSSR count). The second kappa shape index (κ2) is 6.10. The minimum atomic E-state index is 0.331. The predicted octanol–water partition coefficient (Wildman–Crippen LogP) is 3.17. The van der Waals surface area contributed by atoms with Crippen molar-refractivity contribution >= 4 is 0 Å². The molecular formula is C15H23NO2. The van der Waals surface area contributed by atoms with Crippen molar-refractivity contribution in [1.29, 1.82) is 0 Å². The number of benzene rings is 1. The molecule has 1 aliphatic rings. The van der Waals surface area contributed by atoms with Crippen molar-refractivity contribution in [3.05, 3.63) is 23.8 Å². The molecule has 0 aliphatic heterocycles. The number of hydrogen-bond acceptors (Lipinski definition) is 3. The Morgan fingerprint density at radius 1 is 1.28 bits per heavy atom. The van der Waals surface area contributed by atoms with Crippen LogP contribution in [0.1, 0.15) is 37.7 Å². The van der Waals surface area contributed by atoms with E-state index >= 15 is 0 Å². The van der Waals surface area contributed by atoms with E-state index in [2.05, 4.69) is 11.9 Å². The van der Waals surface area contributed by atoms with E-state index in [-0.39, 0.29) is 0 Å². The minimum absolute atomic E-state index is 0.331. The van der Waals surface area contributed by atoms with Gasteiger partial charge in [-0.05, 0) is 26.0 Å². The van der Waals surface area contributed by atoms with Crippen molar-refractivity contribution in [2.24, 2.45) is 0 Å². The first-order chi connectivity index (χ1) is 8.70. The standard InChI is InChI=1S/C15H23NO2/c1-16(13-6-4-3-5-7-13)11-12-8-9-14(18-2)10-15(12)17/h8-10,13,17H,3-7,11H2,1-2H3. The molecule has 0 atom stereocenters. The monoisotopic (exact) mass is 249 g/mol. The molecule has 0 unspecified atom stereocenters. The Morgan fingerprint density at radius 3 is 2.61 bits per heavy atom. The third-order valence-corrected chi connectivity index (χ3v) is 3.91. The highest BCUT2D eigenvalue weighted by atomic mass is 16.5. The molecule has 1 aliphatic carbocycles. The van der Waals surface area contributed by atoms with Gasteiger partial charge in [-0.2, -0.15) is 0 Å². The zero-order valence-electron chi connectivity index (χ0n) is 11.4. The van der Waals surface area contributed by atoms with Crippen LogP contribution in [0.25, 0.3) is 0 Å². The molecular weight excluding hydrogens is 226 g/mol. The lowest BCUT2D eigenvalue weighted by Crippen LogP contribution is -2.32. The second-order valence-electron chi connectivity index (χ2n) is 5.20. The van der Waals surface area contributed by atoms with E-state index < -0.39 is 0 Å². The quantitative estimate of drug-likeness (QED) is 0.889. The van der Waals surface area contributed by atoms with Gasteiger partial charge < -0.3 is 9.84 Å². The number of nitrogens with zero attached hydrogens (tertiary/aromatic N) is 1. The summed E-state index contributed by atoms with van der Waals surface area (Å²) in [7, 11) is 3.77. The van der Waals surface area contributed by atoms with E-state index in [1.54, 1.807) is 13.2 Å². The molecule has 18 heavy (non-hydrogen) atoms. The van der Waals surface area contributed by atoms with Gasteiger partial charge in [0.15, 0.2) is 0 Å². The number of ether oxygens (including phenoxy) is 1. The Hall–Kier alpha value is -1.22. The molecule has 0 saturated heterocycles. The van der Waals surface area contributed by atoms with Crippen molar-refractivity contribution in [3.8, 4) is 11.5 Å². The van der Waals surface area contributed by atoms with Gasteiger partial charge in [0.05, 0.1) is 7.11 Å². The van der Waals surface area contributed by atoms with Crippen LogP contribution in [-0.4, -0.2) is 30.2 Å². The first-order valence-electron chi connectivity index (χ1n) is 6.77. The highest BCUT2D eigenvalue weighted by Gasteiger charge is 2.18. The van der Waals surface area contributed by atoms with Crippen LogP contribution in [0.2, 0.25) is 0 Å². The van der Waals surface area contributed by atoms with Gasteiger partial charge in [0.25, 0.3) is 0 Å². The van der Waals surface area contributed by atoms with Crippen LogP contribution in [0.15, 0.2) is 18.2 Å². The van der Waals surface area contributed by atoms with Gasteiger partial charge in [0.2, 0.25) is 0 Å². The molecule has 0 amide bonds. The first-order valence-corrected chi connectivity index (χ1v) is 6.77. The number of hydrogen-bond donors (Lipinski definition) is 1. The second-order valence-corrected chi connectivity index (χ2v) is 5.20. The molecule has 0 heterocycles. The summed E-state index contributed by atoms with van der Waals surface area (Å²) in [5, 5.41) is 9.96. The highest BCUT2D eigenvalue weighted by molar-refractivity contribution is 5.39. The summed E-state index contributed by atoms with van der Waals surface area (Å²) in [6.45, 7) is 0.806. The maximum absolute atomic E-state index is 9.96. The fraction of sp³-hybridized carbons (Fsp3) is 0.600. The maximum atomic E-state index is 9.96. The lowest BCUT2D eigenvalue weighted by molar-refractivity contribution is 0.183. The smallest absolute Gasteiger partial charge is 0.123 e. The summed E-state index contributed by atoms with van der Waals surface area (Å²) < 4.78 is 5.10. The lowest BCUT2D eigenvalue weighted by atomic mass is 9.94. The average molecular weight is 249 g/mol. The molecule has 0 spiro atoms. The molecule has 3 heteroatoms. The Morgan fingerprint density at radius 2 is 2.00 bits per heavy atom. The van der Waals surface area contributed by atoms with Crippen LogP contribution in [0, 0.1) is 0 Å². The average Bonchev–Trinajstić information content (AvgIpc) is 2.42. The molecule has 0 bridgehead atoms. The molecule has 1 aromatic rings. The van der Waals surface area contributed by atoms with E-state index in [4.69, 9.17) is 4.74 Å². The van der Waals surface area contributed by atoms with E-state index in [1.807, 2.05) is 12.1 Å². The molecule has 1 saturated carbocycles. The van der Waals surface area contributed by atoms with E-state index in [1.165, 1.54) is 32.1 Å². The third-order valence-electron chi connectivity index (χ3n) is 3.91. The zero-order valence-corrected chi connectivity index (χ0v) is 11.4. The summed E-state index contributed by atoms with van der Waals surface area (Å²) >= 11 is 0. The van der Waals surface area contributed by atoms with Crippen molar-refractivity contribution in [2.75, 3.05) is 14.2 Å². The Bertz CT molecular complexity index is 386. The van der Waals surface area contributed by atoms with Crippen LogP contribution in [0.3, 0.4) is 0 Å². The third kappa shape index (κ3) is 3.16. The Kier molecular flexibility index (Phi) is 4.48. The van der Waals surface area contributed by atoms with Gasteiger partial charge >= 0.3 is 0 Å². The van der Waals surface area contributed by atoms with Gasteiger partial charge in [-0.1, -0.05) is 25.3 Å². The van der Waals surface area contributed by atoms with Crippen LogP contribution in [-0.2, 0) is 6.54 Å². The summed E-state index contributed by atoms with van der Waals surface area (Å²) in [6, 6.07) is 6.21. The first kappa shape index (κ1) is 13.2. The van der Waals surface area contributed by atoms with E-state index in [0.717, 1.165) is 12.1 Å².